The number of hydrogen-bond acceptors (Lipinski definition) is 5. The van der Waals surface area contributed by atoms with Gasteiger partial charge in [-0.15, -0.1) is 0 Å². The van der Waals surface area contributed by atoms with Gasteiger partial charge in [-0.1, -0.05) is 0 Å². The van der Waals surface area contributed by atoms with Gasteiger partial charge in [0.15, 0.2) is 0 Å². The number of carbonyl (C=O) groups excluding carboxylic acids is 2. The molecule has 7 nitrogen and oxygen atoms in total. The summed E-state index contributed by atoms with van der Waals surface area (Å²) in [5, 5.41) is 0. The van der Waals surface area contributed by atoms with Gasteiger partial charge in [0.1, 0.15) is 16.8 Å². The summed E-state index contributed by atoms with van der Waals surface area (Å²) in [6.45, 7) is 0. The molecule has 9 heteroatoms. The molecule has 1 fully saturated rings. The van der Waals surface area contributed by atoms with Gasteiger partial charge in [-0.2, -0.15) is 4.72 Å². The number of nitrogen functional groups attached to an aromatic ring is 1. The quantitative estimate of drug-likeness (QED) is 0.594. The first kappa shape index (κ1) is 15.4. The second-order valence-corrected chi connectivity index (χ2v) is 6.38. The SMILES string of the molecule is CN1C(=O)CCC(NS(=O)(=O)c2ccc(N)cc2F)C1=O. The van der Waals surface area contributed by atoms with Crippen LogP contribution in [0, 0.1) is 5.82 Å². The molecule has 2 amide bonds. The Balaban J connectivity index is 2.25. The van der Waals surface area contributed by atoms with Crippen LogP contribution in [0.3, 0.4) is 0 Å². The maximum Gasteiger partial charge on any atom is 0.247 e. The van der Waals surface area contributed by atoms with Crippen molar-refractivity contribution in [3.8, 4) is 0 Å². The summed E-state index contributed by atoms with van der Waals surface area (Å²) < 4.78 is 40.0. The number of carbonyl (C=O) groups is 2. The molecular weight excluding hydrogens is 301 g/mol. The lowest BCUT2D eigenvalue weighted by atomic mass is 10.1. The van der Waals surface area contributed by atoms with Gasteiger partial charge >= 0.3 is 0 Å². The van der Waals surface area contributed by atoms with Crippen molar-refractivity contribution in [1.29, 1.82) is 0 Å². The van der Waals surface area contributed by atoms with Crippen LogP contribution in [0.1, 0.15) is 12.8 Å². The van der Waals surface area contributed by atoms with E-state index in [0.29, 0.717) is 0 Å². The molecule has 0 aliphatic carbocycles. The number of halogens is 1. The number of nitrogens with zero attached hydrogens (tertiary/aromatic N) is 1. The molecule has 3 N–H and O–H groups in total. The number of rotatable bonds is 3. The van der Waals surface area contributed by atoms with E-state index < -0.39 is 32.7 Å². The number of benzene rings is 1. The lowest BCUT2D eigenvalue weighted by molar-refractivity contribution is -0.147. The molecular formula is C12H14FN3O4S. The molecule has 0 spiro atoms. The third-order valence-electron chi connectivity index (χ3n) is 3.19. The van der Waals surface area contributed by atoms with Crippen LogP contribution >= 0.6 is 0 Å². The molecule has 0 radical (unpaired) electrons. The van der Waals surface area contributed by atoms with Gasteiger partial charge < -0.3 is 5.73 Å². The molecule has 2 rings (SSSR count). The largest absolute Gasteiger partial charge is 0.399 e. The fourth-order valence-electron chi connectivity index (χ4n) is 2.01. The zero-order valence-electron chi connectivity index (χ0n) is 11.2. The van der Waals surface area contributed by atoms with Crippen molar-refractivity contribution in [2.24, 2.45) is 0 Å². The Kier molecular flexibility index (Phi) is 3.97. The molecule has 1 heterocycles. The van der Waals surface area contributed by atoms with Gasteiger partial charge in [-0.05, 0) is 24.6 Å². The molecule has 1 unspecified atom stereocenters. The number of nitrogens with one attached hydrogen (secondary N) is 1. The number of piperidine rings is 1. The molecule has 1 saturated heterocycles. The third kappa shape index (κ3) is 3.03. The number of nitrogens with two attached hydrogens (primary N) is 1. The van der Waals surface area contributed by atoms with Crippen LogP contribution in [0.15, 0.2) is 23.1 Å². The first-order valence-electron chi connectivity index (χ1n) is 6.10. The van der Waals surface area contributed by atoms with Crippen LogP contribution in [0.2, 0.25) is 0 Å². The van der Waals surface area contributed by atoms with E-state index in [1.165, 1.54) is 13.1 Å². The van der Waals surface area contributed by atoms with E-state index in [4.69, 9.17) is 5.73 Å². The van der Waals surface area contributed by atoms with Crippen molar-refractivity contribution in [3.05, 3.63) is 24.0 Å². The molecule has 0 saturated carbocycles. The van der Waals surface area contributed by atoms with Crippen LogP contribution < -0.4 is 10.5 Å². The van der Waals surface area contributed by atoms with Crippen molar-refractivity contribution < 1.29 is 22.4 Å². The fraction of sp³-hybridized carbons (Fsp3) is 0.333. The fourth-order valence-corrected chi connectivity index (χ4v) is 3.29. The number of likely N-dealkylation sites (N-methyl/N-ethyl adjacent to an activating group) is 1. The van der Waals surface area contributed by atoms with Crippen molar-refractivity contribution in [2.45, 2.75) is 23.8 Å². The van der Waals surface area contributed by atoms with Gasteiger partial charge in [0.2, 0.25) is 21.8 Å². The monoisotopic (exact) mass is 315 g/mol. The molecule has 0 aromatic heterocycles. The zero-order valence-corrected chi connectivity index (χ0v) is 12.0. The Morgan fingerprint density at radius 1 is 1.38 bits per heavy atom. The van der Waals surface area contributed by atoms with Crippen LogP contribution in [-0.4, -0.2) is 38.2 Å². The van der Waals surface area contributed by atoms with Crippen LogP contribution in [0.4, 0.5) is 10.1 Å². The minimum atomic E-state index is -4.22. The highest BCUT2D eigenvalue weighted by atomic mass is 32.2. The minimum absolute atomic E-state index is 0.0395. The van der Waals surface area contributed by atoms with E-state index in [9.17, 15) is 22.4 Å². The van der Waals surface area contributed by atoms with E-state index in [1.807, 2.05) is 0 Å². The number of hydrogen-bond donors (Lipinski definition) is 2. The summed E-state index contributed by atoms with van der Waals surface area (Å²) >= 11 is 0. The molecule has 0 bridgehead atoms. The number of anilines is 1. The molecule has 1 aromatic rings. The summed E-state index contributed by atoms with van der Waals surface area (Å²) in [5.74, 6) is -2.05. The first-order chi connectivity index (χ1) is 9.72. The molecule has 1 atom stereocenters. The van der Waals surface area contributed by atoms with Gasteiger partial charge in [0, 0.05) is 19.2 Å². The van der Waals surface area contributed by atoms with Crippen molar-refractivity contribution in [2.75, 3.05) is 12.8 Å². The second kappa shape index (κ2) is 5.41. The van der Waals surface area contributed by atoms with Gasteiger partial charge in [0.05, 0.1) is 0 Å². The van der Waals surface area contributed by atoms with Crippen LogP contribution in [-0.2, 0) is 19.6 Å². The highest BCUT2D eigenvalue weighted by Gasteiger charge is 2.35. The maximum absolute atomic E-state index is 13.7. The van der Waals surface area contributed by atoms with Gasteiger partial charge in [-0.3, -0.25) is 14.5 Å². The van der Waals surface area contributed by atoms with E-state index in [-0.39, 0.29) is 24.4 Å². The minimum Gasteiger partial charge on any atom is -0.399 e. The van der Waals surface area contributed by atoms with E-state index in [2.05, 4.69) is 4.72 Å². The predicted octanol–water partition coefficient (Wildman–Crippen LogP) is -0.166. The molecule has 1 aromatic carbocycles. The molecule has 1 aliphatic heterocycles. The Bertz CT molecular complexity index is 704. The summed E-state index contributed by atoms with van der Waals surface area (Å²) in [4.78, 5) is 23.4. The Morgan fingerprint density at radius 3 is 2.67 bits per heavy atom. The van der Waals surface area contributed by atoms with Crippen LogP contribution in [0.5, 0.6) is 0 Å². The first-order valence-corrected chi connectivity index (χ1v) is 7.58. The highest BCUT2D eigenvalue weighted by Crippen LogP contribution is 2.19. The normalized spacial score (nSPS) is 19.9. The molecule has 114 valence electrons. The Hall–Kier alpha value is -2.00. The third-order valence-corrected chi connectivity index (χ3v) is 4.70. The van der Waals surface area contributed by atoms with Crippen LogP contribution in [0.25, 0.3) is 0 Å². The number of amides is 2. The van der Waals surface area contributed by atoms with E-state index >= 15 is 0 Å². The predicted molar refractivity (Wildman–Crippen MR) is 71.9 cm³/mol. The zero-order chi connectivity index (χ0) is 15.8. The van der Waals surface area contributed by atoms with Crippen molar-refractivity contribution >= 4 is 27.5 Å². The van der Waals surface area contributed by atoms with Gasteiger partial charge in [-0.25, -0.2) is 12.8 Å². The number of likely N-dealkylation sites (tertiary alicyclic amines) is 1. The Morgan fingerprint density at radius 2 is 2.05 bits per heavy atom. The number of imide groups is 1. The standard InChI is InChI=1S/C12H14FN3O4S/c1-16-11(17)5-3-9(12(16)18)15-21(19,20)10-4-2-7(14)6-8(10)13/h2,4,6,9,15H,3,5,14H2,1H3. The summed E-state index contributed by atoms with van der Waals surface area (Å²) in [6, 6.07) is 2.06. The smallest absolute Gasteiger partial charge is 0.247 e. The molecule has 21 heavy (non-hydrogen) atoms. The Labute approximate surface area is 121 Å². The topological polar surface area (TPSA) is 110 Å². The average molecular weight is 315 g/mol. The molecule has 1 aliphatic rings. The summed E-state index contributed by atoms with van der Waals surface area (Å²) in [6.07, 6.45) is 0.0808. The summed E-state index contributed by atoms with van der Waals surface area (Å²) in [7, 11) is -2.95. The maximum atomic E-state index is 13.7. The van der Waals surface area contributed by atoms with Gasteiger partial charge in [0.25, 0.3) is 0 Å². The van der Waals surface area contributed by atoms with E-state index in [0.717, 1.165) is 17.0 Å². The average Bonchev–Trinajstić information content (AvgIpc) is 2.39. The van der Waals surface area contributed by atoms with Crippen molar-refractivity contribution in [1.82, 2.24) is 9.62 Å². The lowest BCUT2D eigenvalue weighted by Crippen LogP contribution is -2.52. The lowest BCUT2D eigenvalue weighted by Gasteiger charge is -2.28. The highest BCUT2D eigenvalue weighted by molar-refractivity contribution is 7.89. The van der Waals surface area contributed by atoms with Crippen molar-refractivity contribution in [3.63, 3.8) is 0 Å². The van der Waals surface area contributed by atoms with E-state index in [1.54, 1.807) is 0 Å². The number of sulfonamides is 1. The second-order valence-electron chi connectivity index (χ2n) is 4.69. The summed E-state index contributed by atoms with van der Waals surface area (Å²) in [5.41, 5.74) is 5.45.